The topological polar surface area (TPSA) is 71.1 Å². The van der Waals surface area contributed by atoms with Gasteiger partial charge in [0.05, 0.1) is 12.7 Å². The van der Waals surface area contributed by atoms with Crippen LogP contribution < -0.4 is 4.74 Å². The van der Waals surface area contributed by atoms with Crippen LogP contribution in [0.25, 0.3) is 0 Å². The molecule has 1 heterocycles. The van der Waals surface area contributed by atoms with E-state index >= 15 is 0 Å². The van der Waals surface area contributed by atoms with Crippen LogP contribution in [0.3, 0.4) is 0 Å². The van der Waals surface area contributed by atoms with E-state index in [-0.39, 0.29) is 6.61 Å². The second-order valence-corrected chi connectivity index (χ2v) is 5.33. The third kappa shape index (κ3) is 5.66. The van der Waals surface area contributed by atoms with Gasteiger partial charge in [0.2, 0.25) is 0 Å². The Hall–Kier alpha value is -2.78. The van der Waals surface area contributed by atoms with Crippen molar-refractivity contribution in [2.75, 3.05) is 13.7 Å². The minimum Gasteiger partial charge on any atom is -0.495 e. The van der Waals surface area contributed by atoms with Crippen molar-refractivity contribution in [1.82, 2.24) is 0 Å². The highest BCUT2D eigenvalue weighted by Gasteiger charge is 2.30. The van der Waals surface area contributed by atoms with Crippen LogP contribution in [0.15, 0.2) is 36.4 Å². The summed E-state index contributed by atoms with van der Waals surface area (Å²) in [5.41, 5.74) is 0.737. The number of benzene rings is 1. The first-order valence-corrected chi connectivity index (χ1v) is 7.78. The third-order valence-electron chi connectivity index (χ3n) is 3.37. The van der Waals surface area contributed by atoms with Gasteiger partial charge in [-0.25, -0.2) is 0 Å². The fourth-order valence-electron chi connectivity index (χ4n) is 2.26. The van der Waals surface area contributed by atoms with E-state index in [0.717, 1.165) is 5.56 Å². The van der Waals surface area contributed by atoms with E-state index in [4.69, 9.17) is 18.9 Å². The minimum atomic E-state index is -0.624. The third-order valence-corrected chi connectivity index (χ3v) is 3.37. The Kier molecular flexibility index (Phi) is 6.61. The lowest BCUT2D eigenvalue weighted by Crippen LogP contribution is -2.41. The number of rotatable bonds is 4. The lowest BCUT2D eigenvalue weighted by molar-refractivity contribution is -0.161. The van der Waals surface area contributed by atoms with Gasteiger partial charge in [0, 0.05) is 13.8 Å². The van der Waals surface area contributed by atoms with Crippen molar-refractivity contribution in [3.05, 3.63) is 42.0 Å². The molecular formula is C19H20O6. The second kappa shape index (κ2) is 8.90. The van der Waals surface area contributed by atoms with Gasteiger partial charge >= 0.3 is 11.9 Å². The molecule has 0 bridgehead atoms. The van der Waals surface area contributed by atoms with Crippen molar-refractivity contribution < 1.29 is 28.5 Å². The molecule has 1 aliphatic heterocycles. The maximum atomic E-state index is 11.2. The van der Waals surface area contributed by atoms with Crippen molar-refractivity contribution in [2.24, 2.45) is 0 Å². The van der Waals surface area contributed by atoms with Gasteiger partial charge in [0.25, 0.3) is 0 Å². The Bertz CT molecular complexity index is 712. The second-order valence-electron chi connectivity index (χ2n) is 5.33. The summed E-state index contributed by atoms with van der Waals surface area (Å²) in [6.45, 7) is 2.59. The molecule has 6 heteroatoms. The standard InChI is InChI=1S/C19H20O6/c1-13(20)23-12-19-18(24-14(2)21)11-10-16(25-19)9-8-15-6-4-5-7-17(15)22-3/h4-7,10-11,16,18-19H,12H2,1-3H3/t16-,18-,19-/m1/s1. The van der Waals surface area contributed by atoms with E-state index < -0.39 is 30.3 Å². The van der Waals surface area contributed by atoms with Crippen molar-refractivity contribution in [2.45, 2.75) is 32.2 Å². The summed E-state index contributed by atoms with van der Waals surface area (Å²) in [6, 6.07) is 7.39. The summed E-state index contributed by atoms with van der Waals surface area (Å²) >= 11 is 0. The summed E-state index contributed by atoms with van der Waals surface area (Å²) in [6.07, 6.45) is 1.65. The monoisotopic (exact) mass is 344 g/mol. The number of para-hydroxylation sites is 1. The zero-order chi connectivity index (χ0) is 18.2. The molecule has 0 saturated heterocycles. The number of carbonyl (C=O) groups excluding carboxylic acids is 2. The van der Waals surface area contributed by atoms with Gasteiger partial charge in [0.15, 0.2) is 0 Å². The molecule has 1 aromatic carbocycles. The molecule has 0 saturated carbocycles. The Morgan fingerprint density at radius 2 is 1.92 bits per heavy atom. The van der Waals surface area contributed by atoms with Crippen LogP contribution in [0, 0.1) is 11.8 Å². The van der Waals surface area contributed by atoms with Gasteiger partial charge in [-0.15, -0.1) is 0 Å². The summed E-state index contributed by atoms with van der Waals surface area (Å²) in [4.78, 5) is 22.2. The van der Waals surface area contributed by atoms with Crippen molar-refractivity contribution in [3.8, 4) is 17.6 Å². The van der Waals surface area contributed by atoms with Crippen LogP contribution in [-0.2, 0) is 23.8 Å². The van der Waals surface area contributed by atoms with Crippen LogP contribution in [0.2, 0.25) is 0 Å². The highest BCUT2D eigenvalue weighted by molar-refractivity contribution is 5.67. The van der Waals surface area contributed by atoms with E-state index in [0.29, 0.717) is 5.75 Å². The average molecular weight is 344 g/mol. The quantitative estimate of drug-likeness (QED) is 0.472. The molecule has 6 nitrogen and oxygen atoms in total. The largest absolute Gasteiger partial charge is 0.495 e. The maximum absolute atomic E-state index is 11.2. The number of hydrogen-bond donors (Lipinski definition) is 0. The minimum absolute atomic E-state index is 0.0234. The summed E-state index contributed by atoms with van der Waals surface area (Å²) in [5.74, 6) is 5.79. The van der Waals surface area contributed by atoms with Gasteiger partial charge in [-0.3, -0.25) is 9.59 Å². The molecule has 0 spiro atoms. The number of ether oxygens (including phenoxy) is 4. The highest BCUT2D eigenvalue weighted by Crippen LogP contribution is 2.19. The van der Waals surface area contributed by atoms with E-state index in [1.54, 1.807) is 19.3 Å². The van der Waals surface area contributed by atoms with Crippen LogP contribution >= 0.6 is 0 Å². The first-order chi connectivity index (χ1) is 12.0. The molecule has 0 aliphatic carbocycles. The fraction of sp³-hybridized carbons (Fsp3) is 0.368. The Labute approximate surface area is 146 Å². The molecule has 2 rings (SSSR count). The molecule has 1 aromatic rings. The summed E-state index contributed by atoms with van der Waals surface area (Å²) < 4.78 is 21.2. The number of carbonyl (C=O) groups is 2. The lowest BCUT2D eigenvalue weighted by Gasteiger charge is -2.29. The summed E-state index contributed by atoms with van der Waals surface area (Å²) in [5, 5.41) is 0. The van der Waals surface area contributed by atoms with Crippen LogP contribution in [-0.4, -0.2) is 44.0 Å². The summed E-state index contributed by atoms with van der Waals surface area (Å²) in [7, 11) is 1.58. The Balaban J connectivity index is 2.13. The first-order valence-electron chi connectivity index (χ1n) is 7.78. The van der Waals surface area contributed by atoms with E-state index in [9.17, 15) is 9.59 Å². The Morgan fingerprint density at radius 3 is 2.60 bits per heavy atom. The first kappa shape index (κ1) is 18.6. The van der Waals surface area contributed by atoms with Crippen molar-refractivity contribution in [1.29, 1.82) is 0 Å². The molecule has 0 unspecified atom stereocenters. The molecule has 0 amide bonds. The Morgan fingerprint density at radius 1 is 1.16 bits per heavy atom. The number of hydrogen-bond acceptors (Lipinski definition) is 6. The number of methoxy groups -OCH3 is 1. The van der Waals surface area contributed by atoms with E-state index in [2.05, 4.69) is 11.8 Å². The van der Waals surface area contributed by atoms with E-state index in [1.807, 2.05) is 24.3 Å². The molecule has 1 aliphatic rings. The normalized spacial score (nSPS) is 21.6. The molecule has 0 aromatic heterocycles. The zero-order valence-electron chi connectivity index (χ0n) is 14.4. The van der Waals surface area contributed by atoms with Crippen LogP contribution in [0.5, 0.6) is 5.75 Å². The smallest absolute Gasteiger partial charge is 0.303 e. The van der Waals surface area contributed by atoms with Crippen molar-refractivity contribution in [3.63, 3.8) is 0 Å². The van der Waals surface area contributed by atoms with Gasteiger partial charge in [-0.05, 0) is 24.3 Å². The fourth-order valence-corrected chi connectivity index (χ4v) is 2.26. The van der Waals surface area contributed by atoms with Crippen molar-refractivity contribution >= 4 is 11.9 Å². The van der Waals surface area contributed by atoms with Gasteiger partial charge in [0.1, 0.15) is 30.7 Å². The predicted molar refractivity (Wildman–Crippen MR) is 89.9 cm³/mol. The molecule has 25 heavy (non-hydrogen) atoms. The molecular weight excluding hydrogens is 324 g/mol. The highest BCUT2D eigenvalue weighted by atomic mass is 16.6. The molecule has 0 fully saturated rings. The van der Waals surface area contributed by atoms with Gasteiger partial charge in [-0.1, -0.05) is 24.0 Å². The molecule has 132 valence electrons. The number of esters is 2. The average Bonchev–Trinajstić information content (AvgIpc) is 2.59. The van der Waals surface area contributed by atoms with Gasteiger partial charge in [-0.2, -0.15) is 0 Å². The van der Waals surface area contributed by atoms with Crippen LogP contribution in [0.4, 0.5) is 0 Å². The SMILES string of the molecule is COc1ccccc1C#C[C@@H]1C=C[C@@H](OC(C)=O)[C@@H](COC(C)=O)O1. The van der Waals surface area contributed by atoms with Crippen LogP contribution in [0.1, 0.15) is 19.4 Å². The lowest BCUT2D eigenvalue weighted by atomic mass is 10.1. The molecule has 3 atom stereocenters. The zero-order valence-corrected chi connectivity index (χ0v) is 14.4. The van der Waals surface area contributed by atoms with Gasteiger partial charge < -0.3 is 18.9 Å². The van der Waals surface area contributed by atoms with E-state index in [1.165, 1.54) is 13.8 Å². The predicted octanol–water partition coefficient (Wildman–Crippen LogP) is 1.87. The molecule has 0 N–H and O–H groups in total. The molecule has 0 radical (unpaired) electrons. The maximum Gasteiger partial charge on any atom is 0.303 e.